The van der Waals surface area contributed by atoms with E-state index in [0.717, 1.165) is 18.9 Å². The van der Waals surface area contributed by atoms with E-state index in [1.54, 1.807) is 19.3 Å². The summed E-state index contributed by atoms with van der Waals surface area (Å²) in [6.07, 6.45) is 5.13. The molecular formula is C20H27N3O2. The highest BCUT2D eigenvalue weighted by molar-refractivity contribution is 6.06. The molecule has 1 amide bonds. The molecule has 5 nitrogen and oxygen atoms in total. The van der Waals surface area contributed by atoms with Crippen molar-refractivity contribution in [3.05, 3.63) is 46.4 Å². The Bertz CT molecular complexity index is 804. The van der Waals surface area contributed by atoms with Crippen LogP contribution in [0.1, 0.15) is 36.5 Å². The van der Waals surface area contributed by atoms with E-state index in [2.05, 4.69) is 17.1 Å². The van der Waals surface area contributed by atoms with Gasteiger partial charge in [-0.05, 0) is 50.9 Å². The van der Waals surface area contributed by atoms with E-state index in [-0.39, 0.29) is 11.5 Å². The maximum absolute atomic E-state index is 12.6. The molecule has 0 unspecified atom stereocenters. The SMILES string of the molecule is CC1CCN(CCCNC(=O)c2cn(C)c(=O)c3ccccc23)CC1. The lowest BCUT2D eigenvalue weighted by molar-refractivity contribution is 0.0951. The van der Waals surface area contributed by atoms with Crippen molar-refractivity contribution >= 4 is 16.7 Å². The fourth-order valence-electron chi connectivity index (χ4n) is 3.48. The number of nitrogens with zero attached hydrogens (tertiary/aromatic N) is 2. The van der Waals surface area contributed by atoms with E-state index in [1.165, 1.54) is 30.5 Å². The molecule has 0 saturated carbocycles. The Kier molecular flexibility index (Phi) is 5.53. The molecule has 5 heteroatoms. The molecule has 1 fully saturated rings. The number of piperidine rings is 1. The van der Waals surface area contributed by atoms with Gasteiger partial charge < -0.3 is 14.8 Å². The zero-order valence-electron chi connectivity index (χ0n) is 15.1. The second kappa shape index (κ2) is 7.83. The molecule has 1 N–H and O–H groups in total. The quantitative estimate of drug-likeness (QED) is 0.850. The summed E-state index contributed by atoms with van der Waals surface area (Å²) in [5.41, 5.74) is 0.482. The molecule has 1 saturated heterocycles. The lowest BCUT2D eigenvalue weighted by atomic mass is 9.99. The van der Waals surface area contributed by atoms with Crippen LogP contribution in [-0.4, -0.2) is 41.6 Å². The molecule has 3 rings (SSSR count). The van der Waals surface area contributed by atoms with Crippen molar-refractivity contribution < 1.29 is 4.79 Å². The van der Waals surface area contributed by atoms with Gasteiger partial charge in [0.1, 0.15) is 0 Å². The Balaban J connectivity index is 1.59. The number of aromatic nitrogens is 1. The number of aryl methyl sites for hydroxylation is 1. The summed E-state index contributed by atoms with van der Waals surface area (Å²) in [5, 5.41) is 4.30. The minimum atomic E-state index is -0.112. The molecule has 0 spiro atoms. The number of hydrogen-bond acceptors (Lipinski definition) is 3. The van der Waals surface area contributed by atoms with Gasteiger partial charge in [-0.3, -0.25) is 9.59 Å². The molecule has 0 bridgehead atoms. The Morgan fingerprint density at radius 3 is 2.60 bits per heavy atom. The Morgan fingerprint density at radius 1 is 1.20 bits per heavy atom. The van der Waals surface area contributed by atoms with Gasteiger partial charge in [0.05, 0.1) is 5.56 Å². The molecule has 1 aliphatic rings. The summed E-state index contributed by atoms with van der Waals surface area (Å²) < 4.78 is 1.48. The van der Waals surface area contributed by atoms with Crippen LogP contribution >= 0.6 is 0 Å². The van der Waals surface area contributed by atoms with Gasteiger partial charge in [-0.15, -0.1) is 0 Å². The lowest BCUT2D eigenvalue weighted by Gasteiger charge is -2.30. The average molecular weight is 341 g/mol. The molecule has 0 atom stereocenters. The molecule has 2 heterocycles. The number of carbonyl (C=O) groups excluding carboxylic acids is 1. The van der Waals surface area contributed by atoms with E-state index >= 15 is 0 Å². The van der Waals surface area contributed by atoms with Gasteiger partial charge in [-0.25, -0.2) is 0 Å². The van der Waals surface area contributed by atoms with Crippen molar-refractivity contribution in [2.24, 2.45) is 13.0 Å². The molecule has 25 heavy (non-hydrogen) atoms. The van der Waals surface area contributed by atoms with Gasteiger partial charge in [0.25, 0.3) is 11.5 Å². The summed E-state index contributed by atoms with van der Waals surface area (Å²) in [4.78, 5) is 27.2. The summed E-state index contributed by atoms with van der Waals surface area (Å²) in [7, 11) is 1.68. The fourth-order valence-corrected chi connectivity index (χ4v) is 3.48. The van der Waals surface area contributed by atoms with Crippen molar-refractivity contribution in [2.45, 2.75) is 26.2 Å². The van der Waals surface area contributed by atoms with Crippen LogP contribution < -0.4 is 10.9 Å². The van der Waals surface area contributed by atoms with Crippen LogP contribution in [0.2, 0.25) is 0 Å². The topological polar surface area (TPSA) is 54.3 Å². The molecular weight excluding hydrogens is 314 g/mol. The third-order valence-corrected chi connectivity index (χ3v) is 5.15. The highest BCUT2D eigenvalue weighted by Crippen LogP contribution is 2.16. The van der Waals surface area contributed by atoms with Crippen LogP contribution in [0.4, 0.5) is 0 Å². The molecule has 2 aromatic rings. The number of benzene rings is 1. The summed E-state index contributed by atoms with van der Waals surface area (Å²) in [6, 6.07) is 7.28. The summed E-state index contributed by atoms with van der Waals surface area (Å²) in [6.45, 7) is 6.33. The molecule has 134 valence electrons. The number of amides is 1. The van der Waals surface area contributed by atoms with E-state index in [9.17, 15) is 9.59 Å². The van der Waals surface area contributed by atoms with Gasteiger partial charge in [0.2, 0.25) is 0 Å². The van der Waals surface area contributed by atoms with Crippen LogP contribution in [-0.2, 0) is 7.05 Å². The minimum absolute atomic E-state index is 0.0773. The predicted molar refractivity (Wildman–Crippen MR) is 101 cm³/mol. The molecule has 0 aliphatic carbocycles. The number of fused-ring (bicyclic) bond motifs is 1. The number of hydrogen-bond donors (Lipinski definition) is 1. The third kappa shape index (κ3) is 4.10. The first-order chi connectivity index (χ1) is 12.1. The fraction of sp³-hybridized carbons (Fsp3) is 0.500. The first-order valence-corrected chi connectivity index (χ1v) is 9.15. The molecule has 1 aromatic heterocycles. The van der Waals surface area contributed by atoms with Gasteiger partial charge in [0.15, 0.2) is 0 Å². The van der Waals surface area contributed by atoms with Gasteiger partial charge in [-0.2, -0.15) is 0 Å². The van der Waals surface area contributed by atoms with Crippen LogP contribution in [0, 0.1) is 5.92 Å². The van der Waals surface area contributed by atoms with E-state index in [0.29, 0.717) is 22.9 Å². The Labute approximate surface area is 148 Å². The number of nitrogens with one attached hydrogen (secondary N) is 1. The number of pyridine rings is 1. The van der Waals surface area contributed by atoms with E-state index < -0.39 is 0 Å². The van der Waals surface area contributed by atoms with Crippen molar-refractivity contribution in [3.63, 3.8) is 0 Å². The van der Waals surface area contributed by atoms with Gasteiger partial charge in [0, 0.05) is 30.6 Å². The van der Waals surface area contributed by atoms with Crippen LogP contribution in [0.3, 0.4) is 0 Å². The smallest absolute Gasteiger partial charge is 0.258 e. The molecule has 1 aromatic carbocycles. The summed E-state index contributed by atoms with van der Waals surface area (Å²) >= 11 is 0. The average Bonchev–Trinajstić information content (AvgIpc) is 2.63. The third-order valence-electron chi connectivity index (χ3n) is 5.15. The van der Waals surface area contributed by atoms with Crippen molar-refractivity contribution in [1.29, 1.82) is 0 Å². The normalized spacial score (nSPS) is 16.2. The second-order valence-corrected chi connectivity index (χ2v) is 7.14. The monoisotopic (exact) mass is 341 g/mol. The Morgan fingerprint density at radius 2 is 1.88 bits per heavy atom. The first kappa shape index (κ1) is 17.7. The largest absolute Gasteiger partial charge is 0.352 e. The van der Waals surface area contributed by atoms with E-state index in [1.807, 2.05) is 18.2 Å². The van der Waals surface area contributed by atoms with Gasteiger partial charge >= 0.3 is 0 Å². The standard InChI is InChI=1S/C20H27N3O2/c1-15-8-12-23(13-9-15)11-5-10-21-19(24)18-14-22(2)20(25)17-7-4-3-6-16(17)18/h3-4,6-7,14-15H,5,8-13H2,1-2H3,(H,21,24). The number of carbonyl (C=O) groups is 1. The van der Waals surface area contributed by atoms with Crippen molar-refractivity contribution in [2.75, 3.05) is 26.2 Å². The van der Waals surface area contributed by atoms with Crippen LogP contribution in [0.5, 0.6) is 0 Å². The van der Waals surface area contributed by atoms with E-state index in [4.69, 9.17) is 0 Å². The first-order valence-electron chi connectivity index (χ1n) is 9.15. The summed E-state index contributed by atoms with van der Waals surface area (Å²) in [5.74, 6) is 0.730. The second-order valence-electron chi connectivity index (χ2n) is 7.14. The van der Waals surface area contributed by atoms with Gasteiger partial charge in [-0.1, -0.05) is 25.1 Å². The minimum Gasteiger partial charge on any atom is -0.352 e. The predicted octanol–water partition coefficient (Wildman–Crippen LogP) is 2.39. The number of likely N-dealkylation sites (tertiary alicyclic amines) is 1. The number of rotatable bonds is 5. The Hall–Kier alpha value is -2.14. The molecule has 1 aliphatic heterocycles. The molecule has 0 radical (unpaired) electrons. The van der Waals surface area contributed by atoms with Crippen LogP contribution in [0.25, 0.3) is 10.8 Å². The van der Waals surface area contributed by atoms with Crippen molar-refractivity contribution in [1.82, 2.24) is 14.8 Å². The highest BCUT2D eigenvalue weighted by atomic mass is 16.2. The van der Waals surface area contributed by atoms with Crippen molar-refractivity contribution in [3.8, 4) is 0 Å². The highest BCUT2D eigenvalue weighted by Gasteiger charge is 2.16. The maximum Gasteiger partial charge on any atom is 0.258 e. The zero-order valence-corrected chi connectivity index (χ0v) is 15.1. The van der Waals surface area contributed by atoms with Crippen LogP contribution in [0.15, 0.2) is 35.3 Å². The lowest BCUT2D eigenvalue weighted by Crippen LogP contribution is -2.35. The maximum atomic E-state index is 12.6. The zero-order chi connectivity index (χ0) is 17.8.